The summed E-state index contributed by atoms with van der Waals surface area (Å²) in [6, 6.07) is 9.78. The van der Waals surface area contributed by atoms with Gasteiger partial charge >= 0.3 is 5.97 Å². The van der Waals surface area contributed by atoms with Crippen LogP contribution in [-0.2, 0) is 9.53 Å². The molecular formula is C23H34O2. The first-order valence-electron chi connectivity index (χ1n) is 9.77. The molecule has 2 heteroatoms. The normalized spacial score (nSPS) is 12.7. The molecule has 0 aromatic heterocycles. The second-order valence-electron chi connectivity index (χ2n) is 6.43. The van der Waals surface area contributed by atoms with Gasteiger partial charge in [-0.15, -0.1) is 0 Å². The highest BCUT2D eigenvalue weighted by atomic mass is 16.5. The molecule has 0 aliphatic rings. The molecule has 1 rings (SSSR count). The van der Waals surface area contributed by atoms with E-state index in [1.807, 2.05) is 37.3 Å². The zero-order valence-corrected chi connectivity index (χ0v) is 16.0. The van der Waals surface area contributed by atoms with Gasteiger partial charge in [0.1, 0.15) is 0 Å². The number of allylic oxidation sites excluding steroid dienone is 3. The molecule has 1 aromatic rings. The van der Waals surface area contributed by atoms with Crippen molar-refractivity contribution in [3.05, 3.63) is 60.2 Å². The molecule has 1 atom stereocenters. The summed E-state index contributed by atoms with van der Waals surface area (Å²) in [6.07, 6.45) is 18.3. The monoisotopic (exact) mass is 342 g/mol. The standard InChI is InChI=1S/C23H34O2/c1-3-4-5-6-7-8-9-10-11-12-13-17-20-25-23(24)21(2)22-18-15-14-16-19-22/h4-5,12-16,18-19,21H,3,6-11,17,20H2,1-2H3/b5-4+,13-12+. The van der Waals surface area contributed by atoms with Gasteiger partial charge in [-0.3, -0.25) is 4.79 Å². The number of esters is 1. The van der Waals surface area contributed by atoms with Gasteiger partial charge in [0.15, 0.2) is 0 Å². The lowest BCUT2D eigenvalue weighted by Gasteiger charge is -2.10. The van der Waals surface area contributed by atoms with Crippen LogP contribution in [0.5, 0.6) is 0 Å². The molecule has 0 spiro atoms. The van der Waals surface area contributed by atoms with Crippen LogP contribution >= 0.6 is 0 Å². The predicted octanol–water partition coefficient (Wildman–Crippen LogP) is 6.59. The van der Waals surface area contributed by atoms with Gasteiger partial charge in [0.05, 0.1) is 12.5 Å². The molecule has 0 N–H and O–H groups in total. The van der Waals surface area contributed by atoms with Crippen LogP contribution in [0.3, 0.4) is 0 Å². The van der Waals surface area contributed by atoms with Crippen LogP contribution in [0.15, 0.2) is 54.6 Å². The predicted molar refractivity (Wildman–Crippen MR) is 107 cm³/mol. The van der Waals surface area contributed by atoms with Gasteiger partial charge in [0, 0.05) is 0 Å². The number of carbonyl (C=O) groups is 1. The van der Waals surface area contributed by atoms with Gasteiger partial charge in [0.25, 0.3) is 0 Å². The Balaban J connectivity index is 1.99. The van der Waals surface area contributed by atoms with E-state index < -0.39 is 0 Å². The van der Waals surface area contributed by atoms with E-state index in [-0.39, 0.29) is 11.9 Å². The van der Waals surface area contributed by atoms with Gasteiger partial charge in [-0.25, -0.2) is 0 Å². The van der Waals surface area contributed by atoms with Crippen LogP contribution in [0.25, 0.3) is 0 Å². The Kier molecular flexibility index (Phi) is 12.3. The van der Waals surface area contributed by atoms with Crippen LogP contribution in [-0.4, -0.2) is 12.6 Å². The summed E-state index contributed by atoms with van der Waals surface area (Å²) in [6.45, 7) is 4.54. The average Bonchev–Trinajstić information content (AvgIpc) is 2.65. The Bertz CT molecular complexity index is 502. The molecule has 0 bridgehead atoms. The van der Waals surface area contributed by atoms with Crippen LogP contribution in [0.2, 0.25) is 0 Å². The number of benzene rings is 1. The molecule has 0 saturated carbocycles. The first-order chi connectivity index (χ1) is 12.3. The van der Waals surface area contributed by atoms with E-state index in [1.54, 1.807) is 0 Å². The van der Waals surface area contributed by atoms with Crippen molar-refractivity contribution < 1.29 is 9.53 Å². The lowest BCUT2D eigenvalue weighted by molar-refractivity contribution is -0.144. The van der Waals surface area contributed by atoms with E-state index >= 15 is 0 Å². The van der Waals surface area contributed by atoms with Gasteiger partial charge in [-0.05, 0) is 51.0 Å². The number of ether oxygens (including phenoxy) is 1. The van der Waals surface area contributed by atoms with Gasteiger partial charge in [-0.1, -0.05) is 74.4 Å². The maximum absolute atomic E-state index is 12.0. The molecule has 25 heavy (non-hydrogen) atoms. The van der Waals surface area contributed by atoms with E-state index in [2.05, 4.69) is 31.2 Å². The third-order valence-corrected chi connectivity index (χ3v) is 4.24. The molecule has 1 aromatic carbocycles. The summed E-state index contributed by atoms with van der Waals surface area (Å²) in [7, 11) is 0. The maximum atomic E-state index is 12.0. The number of hydrogen-bond donors (Lipinski definition) is 0. The fourth-order valence-corrected chi connectivity index (χ4v) is 2.63. The van der Waals surface area contributed by atoms with Crippen molar-refractivity contribution in [3.63, 3.8) is 0 Å². The van der Waals surface area contributed by atoms with Crippen molar-refractivity contribution >= 4 is 5.97 Å². The van der Waals surface area contributed by atoms with E-state index in [0.717, 1.165) is 24.8 Å². The third-order valence-electron chi connectivity index (χ3n) is 4.24. The Labute approximate surface area is 154 Å². The molecule has 138 valence electrons. The topological polar surface area (TPSA) is 26.3 Å². The minimum atomic E-state index is -0.197. The molecular weight excluding hydrogens is 308 g/mol. The third kappa shape index (κ3) is 10.6. The largest absolute Gasteiger partial charge is 0.465 e. The van der Waals surface area contributed by atoms with E-state index in [0.29, 0.717) is 6.61 Å². The fraction of sp³-hybridized carbons (Fsp3) is 0.522. The smallest absolute Gasteiger partial charge is 0.313 e. The molecule has 0 aliphatic heterocycles. The summed E-state index contributed by atoms with van der Waals surface area (Å²) in [5.74, 6) is -0.339. The number of hydrogen-bond acceptors (Lipinski definition) is 2. The minimum Gasteiger partial charge on any atom is -0.465 e. The number of carbonyl (C=O) groups excluding carboxylic acids is 1. The second kappa shape index (κ2) is 14.5. The maximum Gasteiger partial charge on any atom is 0.313 e. The van der Waals surface area contributed by atoms with Crippen molar-refractivity contribution in [2.45, 2.75) is 71.1 Å². The average molecular weight is 343 g/mol. The Hall–Kier alpha value is -1.83. The highest BCUT2D eigenvalue weighted by molar-refractivity contribution is 5.77. The van der Waals surface area contributed by atoms with Crippen LogP contribution in [0.1, 0.15) is 76.7 Å². The molecule has 0 saturated heterocycles. The number of unbranched alkanes of at least 4 members (excludes halogenated alkanes) is 5. The van der Waals surface area contributed by atoms with Gasteiger partial charge < -0.3 is 4.74 Å². The van der Waals surface area contributed by atoms with Crippen LogP contribution in [0.4, 0.5) is 0 Å². The lowest BCUT2D eigenvalue weighted by Crippen LogP contribution is -2.13. The van der Waals surface area contributed by atoms with Crippen LogP contribution < -0.4 is 0 Å². The zero-order chi connectivity index (χ0) is 18.2. The summed E-state index contributed by atoms with van der Waals surface area (Å²) < 4.78 is 5.35. The summed E-state index contributed by atoms with van der Waals surface area (Å²) in [5, 5.41) is 0. The van der Waals surface area contributed by atoms with Gasteiger partial charge in [0.2, 0.25) is 0 Å². The summed E-state index contributed by atoms with van der Waals surface area (Å²) in [5.41, 5.74) is 1.01. The summed E-state index contributed by atoms with van der Waals surface area (Å²) >= 11 is 0. The zero-order valence-electron chi connectivity index (χ0n) is 16.0. The van der Waals surface area contributed by atoms with Crippen molar-refractivity contribution in [1.82, 2.24) is 0 Å². The highest BCUT2D eigenvalue weighted by Gasteiger charge is 2.15. The Morgan fingerprint density at radius 1 is 0.920 bits per heavy atom. The highest BCUT2D eigenvalue weighted by Crippen LogP contribution is 2.16. The molecule has 0 amide bonds. The first kappa shape index (κ1) is 21.2. The second-order valence-corrected chi connectivity index (χ2v) is 6.43. The van der Waals surface area contributed by atoms with E-state index in [9.17, 15) is 4.79 Å². The Morgan fingerprint density at radius 2 is 1.52 bits per heavy atom. The first-order valence-corrected chi connectivity index (χ1v) is 9.77. The quantitative estimate of drug-likeness (QED) is 0.230. The van der Waals surface area contributed by atoms with Gasteiger partial charge in [-0.2, -0.15) is 0 Å². The summed E-state index contributed by atoms with van der Waals surface area (Å²) in [4.78, 5) is 12.0. The molecule has 0 aliphatic carbocycles. The molecule has 0 fully saturated rings. The van der Waals surface area contributed by atoms with Crippen molar-refractivity contribution in [2.75, 3.05) is 6.61 Å². The fourth-order valence-electron chi connectivity index (χ4n) is 2.63. The molecule has 2 nitrogen and oxygen atoms in total. The van der Waals surface area contributed by atoms with Crippen molar-refractivity contribution in [2.24, 2.45) is 0 Å². The van der Waals surface area contributed by atoms with Crippen molar-refractivity contribution in [3.8, 4) is 0 Å². The number of rotatable bonds is 13. The van der Waals surface area contributed by atoms with E-state index in [4.69, 9.17) is 4.74 Å². The van der Waals surface area contributed by atoms with E-state index in [1.165, 1.54) is 32.1 Å². The molecule has 0 radical (unpaired) electrons. The SMILES string of the molecule is CC/C=C/CCCCCC/C=C/CCOC(=O)C(C)c1ccccc1. The minimum absolute atomic E-state index is 0.142. The lowest BCUT2D eigenvalue weighted by atomic mass is 10.0. The molecule has 1 unspecified atom stereocenters. The molecule has 0 heterocycles. The Morgan fingerprint density at radius 3 is 2.16 bits per heavy atom. The van der Waals surface area contributed by atoms with Crippen LogP contribution in [0, 0.1) is 0 Å². The van der Waals surface area contributed by atoms with Crippen molar-refractivity contribution in [1.29, 1.82) is 0 Å².